The van der Waals surface area contributed by atoms with Crippen LogP contribution in [0.4, 0.5) is 28.1 Å². The molecule has 0 unspecified atom stereocenters. The Labute approximate surface area is 273 Å². The summed E-state index contributed by atoms with van der Waals surface area (Å²) in [6.07, 6.45) is 0. The number of amides is 3. The number of sulfonamides is 1. The molecule has 0 aliphatic carbocycles. The van der Waals surface area contributed by atoms with Gasteiger partial charge in [-0.15, -0.1) is 0 Å². The van der Waals surface area contributed by atoms with Gasteiger partial charge in [0, 0.05) is 55.7 Å². The van der Waals surface area contributed by atoms with Gasteiger partial charge >= 0.3 is 6.03 Å². The maximum absolute atomic E-state index is 13.0. The summed E-state index contributed by atoms with van der Waals surface area (Å²) < 4.78 is 34.0. The van der Waals surface area contributed by atoms with Crippen LogP contribution >= 0.6 is 0 Å². The van der Waals surface area contributed by atoms with Crippen LogP contribution in [0.15, 0.2) is 83.8 Å². The fraction of sp³-hybridized carbons (Fsp3) is 0.281. The van der Waals surface area contributed by atoms with Crippen molar-refractivity contribution in [3.05, 3.63) is 84.4 Å². The first-order valence-corrected chi connectivity index (χ1v) is 16.4. The number of morpholine rings is 1. The molecule has 1 aliphatic heterocycles. The third-order valence-corrected chi connectivity index (χ3v) is 8.56. The fourth-order valence-electron chi connectivity index (χ4n) is 4.59. The minimum Gasteiger partial charge on any atom is -0.378 e. The van der Waals surface area contributed by atoms with Gasteiger partial charge in [-0.1, -0.05) is 18.2 Å². The SMILES string of the molecule is CN(C)CCN(C)C(=O)c1ccc(NC(=O)Nc2ccc(-c3nc(NS(=O)(=O)c4ccccc4)nc(N4CCOCC4)n3)cc2)cc1. The second-order valence-corrected chi connectivity index (χ2v) is 12.7. The predicted molar refractivity (Wildman–Crippen MR) is 180 cm³/mol. The molecule has 5 rings (SSSR count). The minimum atomic E-state index is -3.94. The topological polar surface area (TPSA) is 162 Å². The summed E-state index contributed by atoms with van der Waals surface area (Å²) in [4.78, 5) is 44.4. The molecule has 4 aromatic rings. The van der Waals surface area contributed by atoms with Gasteiger partial charge < -0.3 is 30.1 Å². The van der Waals surface area contributed by atoms with Crippen molar-refractivity contribution in [1.29, 1.82) is 0 Å². The van der Waals surface area contributed by atoms with Gasteiger partial charge in [0.15, 0.2) is 5.82 Å². The number of carbonyl (C=O) groups excluding carboxylic acids is 2. The number of nitrogens with zero attached hydrogens (tertiary/aromatic N) is 6. The lowest BCUT2D eigenvalue weighted by molar-refractivity contribution is 0.0786. The largest absolute Gasteiger partial charge is 0.378 e. The first-order valence-electron chi connectivity index (χ1n) is 14.9. The number of hydrogen-bond acceptors (Lipinski definition) is 10. The molecule has 1 aromatic heterocycles. The molecule has 246 valence electrons. The number of anilines is 4. The van der Waals surface area contributed by atoms with Crippen LogP contribution in [0.25, 0.3) is 11.4 Å². The molecule has 2 heterocycles. The van der Waals surface area contributed by atoms with Crippen molar-refractivity contribution >= 4 is 45.2 Å². The summed E-state index contributed by atoms with van der Waals surface area (Å²) in [5.74, 6) is 0.359. The number of ether oxygens (including phenoxy) is 1. The highest BCUT2D eigenvalue weighted by Crippen LogP contribution is 2.24. The summed E-state index contributed by atoms with van der Waals surface area (Å²) in [6, 6.07) is 21.0. The van der Waals surface area contributed by atoms with Crippen LogP contribution in [0.5, 0.6) is 0 Å². The highest BCUT2D eigenvalue weighted by molar-refractivity contribution is 7.92. The Morgan fingerprint density at radius 1 is 0.809 bits per heavy atom. The smallest absolute Gasteiger partial charge is 0.323 e. The molecule has 14 nitrogen and oxygen atoms in total. The van der Waals surface area contributed by atoms with E-state index in [4.69, 9.17) is 4.74 Å². The van der Waals surface area contributed by atoms with Gasteiger partial charge in [-0.05, 0) is 74.8 Å². The zero-order valence-electron chi connectivity index (χ0n) is 26.4. The van der Waals surface area contributed by atoms with Crippen LogP contribution in [0.3, 0.4) is 0 Å². The maximum Gasteiger partial charge on any atom is 0.323 e. The predicted octanol–water partition coefficient (Wildman–Crippen LogP) is 3.45. The Morgan fingerprint density at radius 3 is 2.04 bits per heavy atom. The molecular weight excluding hydrogens is 622 g/mol. The van der Waals surface area contributed by atoms with Gasteiger partial charge in [0.25, 0.3) is 15.9 Å². The van der Waals surface area contributed by atoms with Crippen molar-refractivity contribution in [2.75, 3.05) is 80.8 Å². The lowest BCUT2D eigenvalue weighted by Crippen LogP contribution is -2.37. The number of carbonyl (C=O) groups is 2. The summed E-state index contributed by atoms with van der Waals surface area (Å²) in [7, 11) is 1.72. The molecule has 47 heavy (non-hydrogen) atoms. The standard InChI is InChI=1S/C32H37N9O5S/c1-39(2)17-18-40(3)29(42)24-11-15-26(16-12-24)34-32(43)33-25-13-9-23(10-14-25)28-35-30(37-31(36-28)41-19-21-46-22-20-41)38-47(44,45)27-7-5-4-6-8-27/h4-16H,17-22H2,1-3H3,(H2,33,34,43)(H,35,36,37,38). The molecule has 1 saturated heterocycles. The zero-order chi connectivity index (χ0) is 33.4. The molecule has 0 bridgehead atoms. The molecule has 1 aliphatic rings. The number of nitrogens with one attached hydrogen (secondary N) is 3. The van der Waals surface area contributed by atoms with Gasteiger partial charge in [-0.3, -0.25) is 4.79 Å². The lowest BCUT2D eigenvalue weighted by atomic mass is 10.2. The third-order valence-electron chi connectivity index (χ3n) is 7.22. The number of urea groups is 1. The first-order chi connectivity index (χ1) is 22.6. The Hall–Kier alpha value is -5.12. The van der Waals surface area contributed by atoms with Crippen molar-refractivity contribution in [1.82, 2.24) is 24.8 Å². The van der Waals surface area contributed by atoms with E-state index in [0.29, 0.717) is 61.3 Å². The third kappa shape index (κ3) is 9.00. The second-order valence-electron chi connectivity index (χ2n) is 11.1. The highest BCUT2D eigenvalue weighted by Gasteiger charge is 2.21. The Kier molecular flexibility index (Phi) is 10.6. The van der Waals surface area contributed by atoms with Crippen molar-refractivity contribution < 1.29 is 22.7 Å². The molecule has 0 saturated carbocycles. The van der Waals surface area contributed by atoms with Crippen LogP contribution in [-0.4, -0.2) is 106 Å². The molecule has 0 radical (unpaired) electrons. The van der Waals surface area contributed by atoms with Crippen LogP contribution in [-0.2, 0) is 14.8 Å². The van der Waals surface area contributed by atoms with Gasteiger partial charge in [-0.25, -0.2) is 17.9 Å². The monoisotopic (exact) mass is 659 g/mol. The van der Waals surface area contributed by atoms with Crippen molar-refractivity contribution in [2.24, 2.45) is 0 Å². The van der Waals surface area contributed by atoms with Gasteiger partial charge in [0.1, 0.15) is 0 Å². The lowest BCUT2D eigenvalue weighted by Gasteiger charge is -2.27. The molecular formula is C32H37N9O5S. The second kappa shape index (κ2) is 15.0. The Bertz CT molecular complexity index is 1780. The summed E-state index contributed by atoms with van der Waals surface area (Å²) >= 11 is 0. The fourth-order valence-corrected chi connectivity index (χ4v) is 5.55. The normalized spacial score (nSPS) is 13.2. The summed E-state index contributed by atoms with van der Waals surface area (Å²) in [5, 5.41) is 5.54. The number of benzene rings is 3. The van der Waals surface area contributed by atoms with E-state index in [1.165, 1.54) is 12.1 Å². The van der Waals surface area contributed by atoms with E-state index in [2.05, 4.69) is 30.3 Å². The maximum atomic E-state index is 13.0. The van der Waals surface area contributed by atoms with Crippen LogP contribution in [0, 0.1) is 0 Å². The van der Waals surface area contributed by atoms with Crippen molar-refractivity contribution in [3.63, 3.8) is 0 Å². The average molecular weight is 660 g/mol. The highest BCUT2D eigenvalue weighted by atomic mass is 32.2. The molecule has 0 spiro atoms. The summed E-state index contributed by atoms with van der Waals surface area (Å²) in [5.41, 5.74) is 2.15. The van der Waals surface area contributed by atoms with Crippen molar-refractivity contribution in [2.45, 2.75) is 4.90 Å². The molecule has 0 atom stereocenters. The molecule has 15 heteroatoms. The Morgan fingerprint density at radius 2 is 1.43 bits per heavy atom. The van der Waals surface area contributed by atoms with Crippen LogP contribution < -0.4 is 20.3 Å². The van der Waals surface area contributed by atoms with E-state index in [9.17, 15) is 18.0 Å². The average Bonchev–Trinajstić information content (AvgIpc) is 3.08. The summed E-state index contributed by atoms with van der Waals surface area (Å²) in [6.45, 7) is 3.42. The quantitative estimate of drug-likeness (QED) is 0.217. The number of aromatic nitrogens is 3. The number of likely N-dealkylation sites (N-methyl/N-ethyl adjacent to an activating group) is 2. The molecule has 3 aromatic carbocycles. The molecule has 1 fully saturated rings. The zero-order valence-corrected chi connectivity index (χ0v) is 27.2. The van der Waals surface area contributed by atoms with Crippen LogP contribution in [0.1, 0.15) is 10.4 Å². The van der Waals surface area contributed by atoms with E-state index in [0.717, 1.165) is 6.54 Å². The first kappa shape index (κ1) is 33.2. The van der Waals surface area contributed by atoms with Crippen LogP contribution in [0.2, 0.25) is 0 Å². The van der Waals surface area contributed by atoms with Gasteiger partial charge in [0.2, 0.25) is 11.9 Å². The number of rotatable bonds is 11. The molecule has 3 amide bonds. The van der Waals surface area contributed by atoms with Crippen molar-refractivity contribution in [3.8, 4) is 11.4 Å². The Balaban J connectivity index is 1.27. The number of hydrogen-bond donors (Lipinski definition) is 3. The van der Waals surface area contributed by atoms with Gasteiger partial charge in [0.05, 0.1) is 18.1 Å². The van der Waals surface area contributed by atoms with E-state index in [-0.39, 0.29) is 22.6 Å². The van der Waals surface area contributed by atoms with E-state index in [1.807, 2.05) is 23.9 Å². The minimum absolute atomic E-state index is 0.0798. The van der Waals surface area contributed by atoms with E-state index >= 15 is 0 Å². The van der Waals surface area contributed by atoms with E-state index < -0.39 is 16.1 Å². The molecule has 3 N–H and O–H groups in total. The van der Waals surface area contributed by atoms with Gasteiger partial charge in [-0.2, -0.15) is 15.0 Å². The van der Waals surface area contributed by atoms with E-state index in [1.54, 1.807) is 78.7 Å².